The van der Waals surface area contributed by atoms with E-state index >= 15 is 0 Å². The molecule has 0 aliphatic carbocycles. The predicted octanol–water partition coefficient (Wildman–Crippen LogP) is 2.87. The first-order valence-electron chi connectivity index (χ1n) is 6.60. The van der Waals surface area contributed by atoms with Crippen LogP contribution in [0, 0.1) is 0 Å². The Morgan fingerprint density at radius 1 is 1.45 bits per heavy atom. The van der Waals surface area contributed by atoms with Crippen LogP contribution in [-0.2, 0) is 0 Å². The molecular formula is C15H16N2O2S. The second-order valence-corrected chi connectivity index (χ2v) is 6.13. The summed E-state index contributed by atoms with van der Waals surface area (Å²) < 4.78 is 0. The number of carboxylic acid groups (broad SMARTS) is 1. The predicted molar refractivity (Wildman–Crippen MR) is 82.8 cm³/mol. The van der Waals surface area contributed by atoms with Gasteiger partial charge in [0.1, 0.15) is 5.82 Å². The molecule has 20 heavy (non-hydrogen) atoms. The Morgan fingerprint density at radius 2 is 2.25 bits per heavy atom. The van der Waals surface area contributed by atoms with Gasteiger partial charge in [0.05, 0.1) is 11.1 Å². The fourth-order valence-electron chi connectivity index (χ4n) is 2.53. The van der Waals surface area contributed by atoms with Crippen molar-refractivity contribution in [2.75, 3.05) is 23.5 Å². The fraction of sp³-hybridized carbons (Fsp3) is 0.333. The van der Waals surface area contributed by atoms with Gasteiger partial charge in [0.2, 0.25) is 0 Å². The number of pyridine rings is 1. The molecule has 0 amide bonds. The number of aromatic nitrogens is 1. The summed E-state index contributed by atoms with van der Waals surface area (Å²) in [6, 6.07) is 9.52. The Bertz CT molecular complexity index is 653. The number of hydrogen-bond acceptors (Lipinski definition) is 4. The van der Waals surface area contributed by atoms with Crippen LogP contribution in [0.2, 0.25) is 0 Å². The molecule has 1 aliphatic rings. The summed E-state index contributed by atoms with van der Waals surface area (Å²) in [6.07, 6.45) is 1.12. The number of benzene rings is 1. The molecule has 2 heterocycles. The molecule has 1 unspecified atom stereocenters. The van der Waals surface area contributed by atoms with Gasteiger partial charge in [0, 0.05) is 24.2 Å². The molecule has 0 spiro atoms. The van der Waals surface area contributed by atoms with E-state index < -0.39 is 5.97 Å². The van der Waals surface area contributed by atoms with Gasteiger partial charge < -0.3 is 10.0 Å². The van der Waals surface area contributed by atoms with Crippen LogP contribution in [0.4, 0.5) is 5.82 Å². The van der Waals surface area contributed by atoms with Crippen LogP contribution in [0.25, 0.3) is 10.9 Å². The number of rotatable bonds is 3. The lowest BCUT2D eigenvalue weighted by molar-refractivity contribution is 0.0699. The van der Waals surface area contributed by atoms with Crippen LogP contribution in [0.5, 0.6) is 0 Å². The zero-order chi connectivity index (χ0) is 14.1. The Morgan fingerprint density at radius 3 is 2.95 bits per heavy atom. The third kappa shape index (κ3) is 2.33. The number of fused-ring (bicyclic) bond motifs is 1. The van der Waals surface area contributed by atoms with Gasteiger partial charge in [-0.2, -0.15) is 11.8 Å². The van der Waals surface area contributed by atoms with E-state index in [0.29, 0.717) is 17.0 Å². The highest BCUT2D eigenvalue weighted by Gasteiger charge is 2.22. The molecule has 3 rings (SSSR count). The zero-order valence-corrected chi connectivity index (χ0v) is 12.1. The number of hydrogen-bond donors (Lipinski definition) is 1. The minimum atomic E-state index is -0.904. The van der Waals surface area contributed by atoms with Crippen molar-refractivity contribution >= 4 is 34.5 Å². The number of anilines is 1. The smallest absolute Gasteiger partial charge is 0.336 e. The Kier molecular flexibility index (Phi) is 3.53. The normalized spacial score (nSPS) is 18.4. The lowest BCUT2D eigenvalue weighted by Crippen LogP contribution is -2.32. The molecule has 1 saturated heterocycles. The van der Waals surface area contributed by atoms with Gasteiger partial charge >= 0.3 is 5.97 Å². The van der Waals surface area contributed by atoms with Crippen molar-refractivity contribution < 1.29 is 9.90 Å². The van der Waals surface area contributed by atoms with Gasteiger partial charge in [-0.3, -0.25) is 0 Å². The number of aromatic carboxylic acids is 1. The van der Waals surface area contributed by atoms with Gasteiger partial charge in [-0.05, 0) is 24.3 Å². The second kappa shape index (κ2) is 5.32. The summed E-state index contributed by atoms with van der Waals surface area (Å²) in [5.41, 5.74) is 1.06. The van der Waals surface area contributed by atoms with Gasteiger partial charge in [0.15, 0.2) is 0 Å². The molecule has 5 heteroatoms. The zero-order valence-electron chi connectivity index (χ0n) is 11.2. The van der Waals surface area contributed by atoms with Gasteiger partial charge in [0.25, 0.3) is 0 Å². The van der Waals surface area contributed by atoms with Gasteiger partial charge in [-0.15, -0.1) is 0 Å². The molecule has 1 atom stereocenters. The largest absolute Gasteiger partial charge is 0.478 e. The number of para-hydroxylation sites is 1. The first kappa shape index (κ1) is 13.2. The molecule has 1 N–H and O–H groups in total. The molecule has 1 aromatic heterocycles. The number of carbonyl (C=O) groups is 1. The average Bonchev–Trinajstić information content (AvgIpc) is 2.99. The van der Waals surface area contributed by atoms with E-state index in [1.807, 2.05) is 37.0 Å². The maximum Gasteiger partial charge on any atom is 0.336 e. The van der Waals surface area contributed by atoms with Crippen molar-refractivity contribution in [1.29, 1.82) is 0 Å². The van der Waals surface area contributed by atoms with Crippen LogP contribution >= 0.6 is 11.8 Å². The Balaban J connectivity index is 2.09. The summed E-state index contributed by atoms with van der Waals surface area (Å²) in [5, 5.41) is 10.1. The molecule has 0 bridgehead atoms. The van der Waals surface area contributed by atoms with Crippen molar-refractivity contribution in [1.82, 2.24) is 4.98 Å². The number of carboxylic acids is 1. The van der Waals surface area contributed by atoms with Gasteiger partial charge in [-0.25, -0.2) is 9.78 Å². The second-order valence-electron chi connectivity index (χ2n) is 4.98. The van der Waals surface area contributed by atoms with Crippen LogP contribution < -0.4 is 4.90 Å². The maximum absolute atomic E-state index is 11.5. The third-order valence-corrected chi connectivity index (χ3v) is 4.89. The molecule has 4 nitrogen and oxygen atoms in total. The molecular weight excluding hydrogens is 272 g/mol. The first-order chi connectivity index (χ1) is 9.66. The van der Waals surface area contributed by atoms with E-state index in [4.69, 9.17) is 0 Å². The van der Waals surface area contributed by atoms with Crippen LogP contribution in [-0.4, -0.2) is 40.7 Å². The van der Waals surface area contributed by atoms with Crippen molar-refractivity contribution in [3.63, 3.8) is 0 Å². The Hall–Kier alpha value is -1.75. The molecule has 104 valence electrons. The average molecular weight is 288 g/mol. The molecule has 1 aromatic carbocycles. The third-order valence-electron chi connectivity index (χ3n) is 3.75. The van der Waals surface area contributed by atoms with Crippen molar-refractivity contribution in [2.45, 2.75) is 12.5 Å². The van der Waals surface area contributed by atoms with Crippen LogP contribution in [0.1, 0.15) is 16.8 Å². The van der Waals surface area contributed by atoms with E-state index in [-0.39, 0.29) is 0 Å². The van der Waals surface area contributed by atoms with Crippen LogP contribution in [0.15, 0.2) is 30.3 Å². The topological polar surface area (TPSA) is 53.4 Å². The Labute approximate surface area is 121 Å². The molecule has 1 aliphatic heterocycles. The minimum absolute atomic E-state index is 0.322. The highest BCUT2D eigenvalue weighted by molar-refractivity contribution is 7.99. The summed E-state index contributed by atoms with van der Waals surface area (Å²) in [7, 11) is 2.00. The quantitative estimate of drug-likeness (QED) is 0.941. The standard InChI is InChI=1S/C15H16N2O2S/c1-17(10-6-7-20-9-10)14-8-12(15(18)19)11-4-2-3-5-13(11)16-14/h2-5,8,10H,6-7,9H2,1H3,(H,18,19). The maximum atomic E-state index is 11.5. The minimum Gasteiger partial charge on any atom is -0.478 e. The van der Waals surface area contributed by atoms with E-state index in [1.165, 1.54) is 0 Å². The van der Waals surface area contributed by atoms with Crippen molar-refractivity contribution in [2.24, 2.45) is 0 Å². The highest BCUT2D eigenvalue weighted by Crippen LogP contribution is 2.28. The summed E-state index contributed by atoms with van der Waals surface area (Å²) in [6.45, 7) is 0. The lowest BCUT2D eigenvalue weighted by Gasteiger charge is -2.25. The summed E-state index contributed by atoms with van der Waals surface area (Å²) in [4.78, 5) is 18.2. The summed E-state index contributed by atoms with van der Waals surface area (Å²) in [5.74, 6) is 2.08. The monoisotopic (exact) mass is 288 g/mol. The highest BCUT2D eigenvalue weighted by atomic mass is 32.2. The number of thioether (sulfide) groups is 1. The lowest BCUT2D eigenvalue weighted by atomic mass is 10.1. The molecule has 0 radical (unpaired) electrons. The fourth-order valence-corrected chi connectivity index (χ4v) is 3.80. The molecule has 0 saturated carbocycles. The number of nitrogens with zero attached hydrogens (tertiary/aromatic N) is 2. The van der Waals surface area contributed by atoms with Crippen LogP contribution in [0.3, 0.4) is 0 Å². The van der Waals surface area contributed by atoms with E-state index in [1.54, 1.807) is 12.1 Å². The van der Waals surface area contributed by atoms with Gasteiger partial charge in [-0.1, -0.05) is 18.2 Å². The first-order valence-corrected chi connectivity index (χ1v) is 7.76. The summed E-state index contributed by atoms with van der Waals surface area (Å²) >= 11 is 1.93. The SMILES string of the molecule is CN(c1cc(C(=O)O)c2ccccc2n1)C1CCSC1. The van der Waals surface area contributed by atoms with Crippen molar-refractivity contribution in [3.8, 4) is 0 Å². The van der Waals surface area contributed by atoms with E-state index in [0.717, 1.165) is 29.3 Å². The van der Waals surface area contributed by atoms with E-state index in [9.17, 15) is 9.90 Å². The van der Waals surface area contributed by atoms with E-state index in [2.05, 4.69) is 9.88 Å². The van der Waals surface area contributed by atoms with Crippen molar-refractivity contribution in [3.05, 3.63) is 35.9 Å². The molecule has 1 fully saturated rings. The molecule has 2 aromatic rings.